The van der Waals surface area contributed by atoms with Gasteiger partial charge in [-0.05, 0) is 53.6 Å². The van der Waals surface area contributed by atoms with Crippen molar-refractivity contribution in [1.29, 1.82) is 0 Å². The van der Waals surface area contributed by atoms with Crippen LogP contribution >= 0.6 is 0 Å². The summed E-state index contributed by atoms with van der Waals surface area (Å²) >= 11 is 0. The Morgan fingerprint density at radius 3 is 2.00 bits per heavy atom. The highest BCUT2D eigenvalue weighted by Crippen LogP contribution is 2.42. The summed E-state index contributed by atoms with van der Waals surface area (Å²) in [6, 6.07) is 22.6. The zero-order chi connectivity index (χ0) is 23.5. The highest BCUT2D eigenvalue weighted by molar-refractivity contribution is 6.07. The first-order valence-electron chi connectivity index (χ1n) is 9.93. The number of aromatic hydroxyl groups is 3. The Kier molecular flexibility index (Phi) is 5.69. The molecule has 33 heavy (non-hydrogen) atoms. The zero-order valence-corrected chi connectivity index (χ0v) is 17.2. The van der Waals surface area contributed by atoms with Crippen LogP contribution in [0, 0.1) is 0 Å². The number of hydrogen-bond acceptors (Lipinski definition) is 5. The summed E-state index contributed by atoms with van der Waals surface area (Å²) in [6.07, 6.45) is 0. The van der Waals surface area contributed by atoms with Crippen molar-refractivity contribution >= 4 is 17.6 Å². The second kappa shape index (κ2) is 8.76. The molecule has 0 unspecified atom stereocenters. The van der Waals surface area contributed by atoms with Gasteiger partial charge in [0.1, 0.15) is 0 Å². The number of carbonyl (C=O) groups excluding carboxylic acids is 1. The molecule has 4 aromatic rings. The van der Waals surface area contributed by atoms with Gasteiger partial charge in [0.2, 0.25) is 5.75 Å². The van der Waals surface area contributed by atoms with Crippen LogP contribution in [-0.4, -0.2) is 32.3 Å². The van der Waals surface area contributed by atoms with E-state index in [4.69, 9.17) is 0 Å². The van der Waals surface area contributed by atoms with E-state index in [9.17, 15) is 30.0 Å². The predicted molar refractivity (Wildman–Crippen MR) is 124 cm³/mol. The van der Waals surface area contributed by atoms with Crippen LogP contribution in [0.5, 0.6) is 17.2 Å². The molecule has 7 heteroatoms. The first kappa shape index (κ1) is 21.5. The van der Waals surface area contributed by atoms with Crippen molar-refractivity contribution in [3.8, 4) is 39.5 Å². The number of amides is 1. The fourth-order valence-corrected chi connectivity index (χ4v) is 3.49. The third-order valence-corrected chi connectivity index (χ3v) is 5.16. The van der Waals surface area contributed by atoms with Crippen LogP contribution in [-0.2, 0) is 0 Å². The SMILES string of the molecule is O=C(O)c1cccc(-c2ccccc2NC(=O)c2cccc(-c3ccc(O)c(O)c3O)c2)c1. The van der Waals surface area contributed by atoms with Crippen LogP contribution in [0.25, 0.3) is 22.3 Å². The van der Waals surface area contributed by atoms with Gasteiger partial charge in [-0.25, -0.2) is 4.79 Å². The maximum atomic E-state index is 13.0. The number of phenolic OH excluding ortho intramolecular Hbond substituents is 3. The first-order valence-corrected chi connectivity index (χ1v) is 9.93. The Labute approximate surface area is 188 Å². The molecule has 0 aliphatic heterocycles. The Bertz CT molecular complexity index is 1380. The lowest BCUT2D eigenvalue weighted by Crippen LogP contribution is -2.12. The monoisotopic (exact) mass is 441 g/mol. The van der Waals surface area contributed by atoms with Crippen molar-refractivity contribution in [3.05, 3.63) is 96.1 Å². The van der Waals surface area contributed by atoms with Crippen LogP contribution in [0.4, 0.5) is 5.69 Å². The van der Waals surface area contributed by atoms with E-state index in [0.717, 1.165) is 0 Å². The average Bonchev–Trinajstić information content (AvgIpc) is 2.83. The van der Waals surface area contributed by atoms with Gasteiger partial charge in [-0.3, -0.25) is 4.79 Å². The minimum atomic E-state index is -1.04. The Morgan fingerprint density at radius 2 is 1.27 bits per heavy atom. The van der Waals surface area contributed by atoms with E-state index in [1.54, 1.807) is 60.7 Å². The number of carboxylic acid groups (broad SMARTS) is 1. The Hall–Kier alpha value is -4.78. The molecule has 0 fully saturated rings. The average molecular weight is 441 g/mol. The highest BCUT2D eigenvalue weighted by Gasteiger charge is 2.16. The molecule has 0 aliphatic carbocycles. The maximum Gasteiger partial charge on any atom is 0.335 e. The molecular weight excluding hydrogens is 422 g/mol. The van der Waals surface area contributed by atoms with E-state index < -0.39 is 29.1 Å². The molecule has 0 saturated carbocycles. The molecule has 0 aliphatic rings. The van der Waals surface area contributed by atoms with Crippen molar-refractivity contribution in [1.82, 2.24) is 0 Å². The molecule has 0 saturated heterocycles. The molecule has 7 nitrogen and oxygen atoms in total. The fraction of sp³-hybridized carbons (Fsp3) is 0. The molecule has 0 spiro atoms. The first-order chi connectivity index (χ1) is 15.8. The molecule has 0 radical (unpaired) electrons. The topological polar surface area (TPSA) is 127 Å². The van der Waals surface area contributed by atoms with Crippen LogP contribution < -0.4 is 5.32 Å². The van der Waals surface area contributed by atoms with Crippen molar-refractivity contribution in [2.75, 3.05) is 5.32 Å². The smallest absolute Gasteiger partial charge is 0.335 e. The third kappa shape index (κ3) is 4.33. The standard InChI is InChI=1S/C26H19NO6/c28-22-12-11-20(23(29)24(22)30)16-6-3-7-17(13-16)25(31)27-21-10-2-1-9-19(21)15-5-4-8-18(14-15)26(32)33/h1-14,28-30H,(H,27,31)(H,32,33). The quantitative estimate of drug-likeness (QED) is 0.275. The summed E-state index contributed by atoms with van der Waals surface area (Å²) in [7, 11) is 0. The summed E-state index contributed by atoms with van der Waals surface area (Å²) in [4.78, 5) is 24.3. The van der Waals surface area contributed by atoms with Crippen LogP contribution in [0.3, 0.4) is 0 Å². The number of benzene rings is 4. The Morgan fingerprint density at radius 1 is 0.636 bits per heavy atom. The summed E-state index contributed by atoms with van der Waals surface area (Å²) in [5.74, 6) is -3.04. The van der Waals surface area contributed by atoms with Gasteiger partial charge in [0.15, 0.2) is 11.5 Å². The maximum absolute atomic E-state index is 13.0. The minimum Gasteiger partial charge on any atom is -0.504 e. The summed E-state index contributed by atoms with van der Waals surface area (Å²) < 4.78 is 0. The van der Waals surface area contributed by atoms with E-state index in [1.807, 2.05) is 0 Å². The molecule has 1 amide bonds. The Balaban J connectivity index is 1.66. The van der Waals surface area contributed by atoms with E-state index >= 15 is 0 Å². The van der Waals surface area contributed by atoms with Gasteiger partial charge in [-0.1, -0.05) is 42.5 Å². The molecular formula is C26H19NO6. The number of hydrogen-bond donors (Lipinski definition) is 5. The molecule has 164 valence electrons. The van der Waals surface area contributed by atoms with Crippen LogP contribution in [0.15, 0.2) is 84.9 Å². The van der Waals surface area contributed by atoms with Gasteiger partial charge < -0.3 is 25.7 Å². The molecule has 4 aromatic carbocycles. The summed E-state index contributed by atoms with van der Waals surface area (Å²) in [5, 5.41) is 41.6. The van der Waals surface area contributed by atoms with Crippen molar-refractivity contribution < 1.29 is 30.0 Å². The lowest BCUT2D eigenvalue weighted by atomic mass is 10.00. The van der Waals surface area contributed by atoms with Gasteiger partial charge in [0.05, 0.1) is 5.56 Å². The summed E-state index contributed by atoms with van der Waals surface area (Å²) in [6.45, 7) is 0. The van der Waals surface area contributed by atoms with Gasteiger partial charge in [0.25, 0.3) is 5.91 Å². The number of carboxylic acids is 1. The number of aromatic carboxylic acids is 1. The second-order valence-corrected chi connectivity index (χ2v) is 7.30. The van der Waals surface area contributed by atoms with Crippen molar-refractivity contribution in [2.45, 2.75) is 0 Å². The number of para-hydroxylation sites is 1. The fourth-order valence-electron chi connectivity index (χ4n) is 3.49. The van der Waals surface area contributed by atoms with Crippen LogP contribution in [0.1, 0.15) is 20.7 Å². The van der Waals surface area contributed by atoms with E-state index in [-0.39, 0.29) is 11.1 Å². The van der Waals surface area contributed by atoms with Gasteiger partial charge in [-0.15, -0.1) is 0 Å². The van der Waals surface area contributed by atoms with E-state index in [0.29, 0.717) is 27.9 Å². The van der Waals surface area contributed by atoms with Crippen molar-refractivity contribution in [3.63, 3.8) is 0 Å². The van der Waals surface area contributed by atoms with E-state index in [1.165, 1.54) is 24.3 Å². The number of carbonyl (C=O) groups is 2. The van der Waals surface area contributed by atoms with Gasteiger partial charge in [0, 0.05) is 22.4 Å². The third-order valence-electron chi connectivity index (χ3n) is 5.16. The molecule has 4 rings (SSSR count). The predicted octanol–water partition coefficient (Wildman–Crippen LogP) is 5.09. The number of nitrogens with one attached hydrogen (secondary N) is 1. The molecule has 0 atom stereocenters. The number of rotatable bonds is 5. The zero-order valence-electron chi connectivity index (χ0n) is 17.2. The normalized spacial score (nSPS) is 10.5. The summed E-state index contributed by atoms with van der Waals surface area (Å²) in [5.41, 5.74) is 2.96. The van der Waals surface area contributed by atoms with Gasteiger partial charge >= 0.3 is 5.97 Å². The molecule has 0 bridgehead atoms. The van der Waals surface area contributed by atoms with E-state index in [2.05, 4.69) is 5.32 Å². The van der Waals surface area contributed by atoms with Crippen molar-refractivity contribution in [2.24, 2.45) is 0 Å². The number of phenols is 3. The van der Waals surface area contributed by atoms with Gasteiger partial charge in [-0.2, -0.15) is 0 Å². The lowest BCUT2D eigenvalue weighted by molar-refractivity contribution is 0.0696. The van der Waals surface area contributed by atoms with Crippen LogP contribution in [0.2, 0.25) is 0 Å². The highest BCUT2D eigenvalue weighted by atomic mass is 16.4. The largest absolute Gasteiger partial charge is 0.504 e. The molecule has 5 N–H and O–H groups in total. The lowest BCUT2D eigenvalue weighted by Gasteiger charge is -2.13. The molecule has 0 heterocycles. The number of anilines is 1. The second-order valence-electron chi connectivity index (χ2n) is 7.30. The molecule has 0 aromatic heterocycles. The minimum absolute atomic E-state index is 0.137.